The minimum Gasteiger partial charge on any atom is -0.341 e. The van der Waals surface area contributed by atoms with Gasteiger partial charge < -0.3 is 5.32 Å². The summed E-state index contributed by atoms with van der Waals surface area (Å²) in [5.74, 6) is 0. The molecule has 0 spiro atoms. The van der Waals surface area contributed by atoms with Crippen molar-refractivity contribution in [2.45, 2.75) is 4.90 Å². The highest BCUT2D eigenvalue weighted by Crippen LogP contribution is 2.20. The van der Waals surface area contributed by atoms with Gasteiger partial charge in [0.25, 0.3) is 0 Å². The van der Waals surface area contributed by atoms with Crippen LogP contribution in [0.2, 0.25) is 0 Å². The summed E-state index contributed by atoms with van der Waals surface area (Å²) in [4.78, 5) is 1.15. The quantitative estimate of drug-likeness (QED) is 0.630. The van der Waals surface area contributed by atoms with Gasteiger partial charge in [-0.1, -0.05) is 60.4 Å². The number of para-hydroxylation sites is 1. The van der Waals surface area contributed by atoms with E-state index in [2.05, 4.69) is 5.32 Å². The SMILES string of the molecule is S=C(Nc1ccccc1)Sc1ccccc1. The molecule has 16 heavy (non-hydrogen) atoms. The van der Waals surface area contributed by atoms with Crippen LogP contribution in [0.15, 0.2) is 65.6 Å². The zero-order chi connectivity index (χ0) is 11.2. The Kier molecular flexibility index (Phi) is 3.97. The molecule has 0 aliphatic rings. The van der Waals surface area contributed by atoms with Gasteiger partial charge in [-0.3, -0.25) is 0 Å². The molecular formula is C13H11NS2. The third kappa shape index (κ3) is 3.36. The average Bonchev–Trinajstić information content (AvgIpc) is 2.31. The van der Waals surface area contributed by atoms with Gasteiger partial charge in [0.1, 0.15) is 4.32 Å². The molecule has 0 aliphatic carbocycles. The Balaban J connectivity index is 1.95. The smallest absolute Gasteiger partial charge is 0.143 e. The summed E-state index contributed by atoms with van der Waals surface area (Å²) in [6, 6.07) is 20.1. The van der Waals surface area contributed by atoms with Crippen LogP contribution in [0.25, 0.3) is 0 Å². The summed E-state index contributed by atoms with van der Waals surface area (Å²) >= 11 is 6.83. The molecule has 0 amide bonds. The number of anilines is 1. The van der Waals surface area contributed by atoms with Gasteiger partial charge in [-0.25, -0.2) is 0 Å². The maximum absolute atomic E-state index is 5.27. The van der Waals surface area contributed by atoms with Crippen molar-refractivity contribution < 1.29 is 0 Å². The molecule has 0 saturated carbocycles. The Morgan fingerprint density at radius 2 is 1.44 bits per heavy atom. The minimum atomic E-state index is 0.761. The van der Waals surface area contributed by atoms with Crippen molar-refractivity contribution in [2.24, 2.45) is 0 Å². The maximum Gasteiger partial charge on any atom is 0.143 e. The molecule has 0 aromatic heterocycles. The number of nitrogens with one attached hydrogen (secondary N) is 1. The third-order valence-corrected chi connectivity index (χ3v) is 3.12. The van der Waals surface area contributed by atoms with Gasteiger partial charge in [0, 0.05) is 10.6 Å². The van der Waals surface area contributed by atoms with Crippen molar-refractivity contribution in [3.8, 4) is 0 Å². The van der Waals surface area contributed by atoms with E-state index in [-0.39, 0.29) is 0 Å². The Hall–Kier alpha value is -1.32. The Morgan fingerprint density at radius 3 is 2.06 bits per heavy atom. The van der Waals surface area contributed by atoms with Crippen LogP contribution in [-0.2, 0) is 0 Å². The summed E-state index contributed by atoms with van der Waals surface area (Å²) in [6.07, 6.45) is 0. The number of hydrogen-bond acceptors (Lipinski definition) is 2. The van der Waals surface area contributed by atoms with E-state index in [0.29, 0.717) is 0 Å². The van der Waals surface area contributed by atoms with Crippen molar-refractivity contribution in [2.75, 3.05) is 5.32 Å². The second-order valence-corrected chi connectivity index (χ2v) is 4.94. The molecule has 1 nitrogen and oxygen atoms in total. The number of thiocarbonyl (C=S) groups is 1. The van der Waals surface area contributed by atoms with Gasteiger partial charge in [0.15, 0.2) is 0 Å². The van der Waals surface area contributed by atoms with Crippen molar-refractivity contribution >= 4 is 34.0 Å². The Bertz CT molecular complexity index is 410. The molecule has 0 fully saturated rings. The monoisotopic (exact) mass is 245 g/mol. The lowest BCUT2D eigenvalue weighted by Gasteiger charge is -2.06. The van der Waals surface area contributed by atoms with E-state index >= 15 is 0 Å². The summed E-state index contributed by atoms with van der Waals surface area (Å²) in [5, 5.41) is 3.18. The predicted molar refractivity (Wildman–Crippen MR) is 75.0 cm³/mol. The predicted octanol–water partition coefficient (Wildman–Crippen LogP) is 4.18. The van der Waals surface area contributed by atoms with E-state index in [0.717, 1.165) is 14.9 Å². The highest BCUT2D eigenvalue weighted by atomic mass is 32.2. The van der Waals surface area contributed by atoms with Gasteiger partial charge in [-0.05, 0) is 24.3 Å². The lowest BCUT2D eigenvalue weighted by molar-refractivity contribution is 1.48. The molecule has 0 atom stereocenters. The Morgan fingerprint density at radius 1 is 0.875 bits per heavy atom. The highest BCUT2D eigenvalue weighted by Gasteiger charge is 1.99. The molecule has 0 aliphatic heterocycles. The Labute approximate surface area is 105 Å². The van der Waals surface area contributed by atoms with Crippen molar-refractivity contribution in [3.63, 3.8) is 0 Å². The minimum absolute atomic E-state index is 0.761. The molecule has 0 heterocycles. The zero-order valence-corrected chi connectivity index (χ0v) is 10.2. The number of thioether (sulfide) groups is 1. The normalized spacial score (nSPS) is 9.75. The summed E-state index contributed by atoms with van der Waals surface area (Å²) < 4.78 is 0.761. The van der Waals surface area contributed by atoms with Crippen LogP contribution in [0.1, 0.15) is 0 Å². The topological polar surface area (TPSA) is 12.0 Å². The molecule has 3 heteroatoms. The molecule has 80 valence electrons. The van der Waals surface area contributed by atoms with E-state index in [9.17, 15) is 0 Å². The first-order valence-corrected chi connectivity index (χ1v) is 6.16. The first-order valence-electron chi connectivity index (χ1n) is 4.93. The van der Waals surface area contributed by atoms with E-state index in [1.165, 1.54) is 0 Å². The molecule has 0 unspecified atom stereocenters. The second-order valence-electron chi connectivity index (χ2n) is 3.19. The maximum atomic E-state index is 5.27. The van der Waals surface area contributed by atoms with E-state index in [1.807, 2.05) is 60.7 Å². The van der Waals surface area contributed by atoms with Crippen LogP contribution in [0.5, 0.6) is 0 Å². The van der Waals surface area contributed by atoms with Crippen molar-refractivity contribution in [1.82, 2.24) is 0 Å². The lowest BCUT2D eigenvalue weighted by Crippen LogP contribution is -2.03. The fraction of sp³-hybridized carbons (Fsp3) is 0. The van der Waals surface area contributed by atoms with Crippen LogP contribution < -0.4 is 5.32 Å². The van der Waals surface area contributed by atoms with Crippen molar-refractivity contribution in [3.05, 3.63) is 60.7 Å². The first-order chi connectivity index (χ1) is 7.84. The van der Waals surface area contributed by atoms with Crippen LogP contribution in [0.3, 0.4) is 0 Å². The molecule has 0 bridgehead atoms. The number of rotatable bonds is 2. The van der Waals surface area contributed by atoms with Crippen LogP contribution in [0, 0.1) is 0 Å². The third-order valence-electron chi connectivity index (χ3n) is 1.97. The van der Waals surface area contributed by atoms with Gasteiger partial charge in [0.05, 0.1) is 0 Å². The standard InChI is InChI=1S/C13H11NS2/c15-13(14-11-7-3-1-4-8-11)16-12-9-5-2-6-10-12/h1-10H,(H,14,15). The second kappa shape index (κ2) is 5.68. The lowest BCUT2D eigenvalue weighted by atomic mass is 10.3. The molecule has 2 aromatic rings. The highest BCUT2D eigenvalue weighted by molar-refractivity contribution is 8.23. The van der Waals surface area contributed by atoms with Crippen LogP contribution in [-0.4, -0.2) is 4.32 Å². The molecule has 0 saturated heterocycles. The molecule has 1 N–H and O–H groups in total. The van der Waals surface area contributed by atoms with Gasteiger partial charge in [-0.15, -0.1) is 0 Å². The van der Waals surface area contributed by atoms with E-state index in [4.69, 9.17) is 12.2 Å². The summed E-state index contributed by atoms with van der Waals surface area (Å²) in [6.45, 7) is 0. The molecule has 2 aromatic carbocycles. The van der Waals surface area contributed by atoms with Crippen LogP contribution >= 0.6 is 24.0 Å². The fourth-order valence-electron chi connectivity index (χ4n) is 1.26. The molecule has 2 rings (SSSR count). The largest absolute Gasteiger partial charge is 0.341 e. The van der Waals surface area contributed by atoms with Crippen molar-refractivity contribution in [1.29, 1.82) is 0 Å². The van der Waals surface area contributed by atoms with Gasteiger partial charge in [-0.2, -0.15) is 0 Å². The number of benzene rings is 2. The van der Waals surface area contributed by atoms with E-state index < -0.39 is 0 Å². The van der Waals surface area contributed by atoms with Crippen LogP contribution in [0.4, 0.5) is 5.69 Å². The van der Waals surface area contributed by atoms with Gasteiger partial charge in [0.2, 0.25) is 0 Å². The summed E-state index contributed by atoms with van der Waals surface area (Å²) in [5.41, 5.74) is 1.02. The van der Waals surface area contributed by atoms with E-state index in [1.54, 1.807) is 11.8 Å². The zero-order valence-electron chi connectivity index (χ0n) is 8.59. The first kappa shape index (κ1) is 11.2. The average molecular weight is 245 g/mol. The number of hydrogen-bond donors (Lipinski definition) is 1. The molecule has 0 radical (unpaired) electrons. The fourth-order valence-corrected chi connectivity index (χ4v) is 2.34. The van der Waals surface area contributed by atoms with Gasteiger partial charge >= 0.3 is 0 Å². The summed E-state index contributed by atoms with van der Waals surface area (Å²) in [7, 11) is 0. The molecular weight excluding hydrogens is 234 g/mol.